The molecule has 0 aliphatic rings. The van der Waals surface area contributed by atoms with Gasteiger partial charge in [0.15, 0.2) is 9.84 Å². The Bertz CT molecular complexity index is 1080. The Balaban J connectivity index is 0.00000145. The molecule has 0 saturated heterocycles. The second kappa shape index (κ2) is 8.60. The highest BCUT2D eigenvalue weighted by Gasteiger charge is 2.30. The van der Waals surface area contributed by atoms with Gasteiger partial charge in [0, 0.05) is 17.4 Å². The highest BCUT2D eigenvalue weighted by atomic mass is 32.2. The largest absolute Gasteiger partial charge is 0.416 e. The number of hydrogen-bond acceptors (Lipinski definition) is 5. The highest BCUT2D eigenvalue weighted by Crippen LogP contribution is 2.32. The predicted molar refractivity (Wildman–Crippen MR) is 107 cm³/mol. The van der Waals surface area contributed by atoms with Crippen LogP contribution < -0.4 is 5.73 Å². The molecule has 0 atom stereocenters. The number of halogens is 3. The molecule has 0 spiro atoms. The normalized spacial score (nSPS) is 11.5. The van der Waals surface area contributed by atoms with E-state index >= 15 is 0 Å². The first-order valence-corrected chi connectivity index (χ1v) is 10.6. The van der Waals surface area contributed by atoms with Crippen molar-refractivity contribution in [3.63, 3.8) is 0 Å². The second-order valence-electron chi connectivity index (χ2n) is 5.86. The summed E-state index contributed by atoms with van der Waals surface area (Å²) >= 11 is 0. The van der Waals surface area contributed by atoms with E-state index in [1.54, 1.807) is 12.1 Å². The molecule has 3 aromatic rings. The summed E-state index contributed by atoms with van der Waals surface area (Å²) in [5, 5.41) is 0. The molecule has 2 aromatic carbocycles. The van der Waals surface area contributed by atoms with Crippen molar-refractivity contribution in [2.24, 2.45) is 0 Å². The molecule has 0 saturated carbocycles. The van der Waals surface area contributed by atoms with Crippen molar-refractivity contribution in [3.05, 3.63) is 60.3 Å². The first kappa shape index (κ1) is 22.4. The summed E-state index contributed by atoms with van der Waals surface area (Å²) in [6.07, 6.45) is -1.91. The summed E-state index contributed by atoms with van der Waals surface area (Å²) < 4.78 is 61.2. The number of nitrogens with two attached hydrogens (primary N) is 1. The number of sulfone groups is 1. The third kappa shape index (κ3) is 5.32. The molecule has 9 heteroatoms. The Morgan fingerprint density at radius 3 is 1.90 bits per heavy atom. The summed E-state index contributed by atoms with van der Waals surface area (Å²) in [5.74, 6) is 0.0752. The lowest BCUT2D eigenvalue weighted by atomic mass is 10.1. The molecule has 0 aliphatic heterocycles. The fraction of sp³-hybridized carbons (Fsp3) is 0.200. The van der Waals surface area contributed by atoms with Crippen LogP contribution in [-0.4, -0.2) is 24.6 Å². The molecule has 0 fully saturated rings. The monoisotopic (exact) mass is 423 g/mol. The van der Waals surface area contributed by atoms with Crippen LogP contribution in [0.2, 0.25) is 0 Å². The van der Waals surface area contributed by atoms with Crippen LogP contribution in [0, 0.1) is 0 Å². The molecule has 0 radical (unpaired) electrons. The van der Waals surface area contributed by atoms with Crippen LogP contribution in [0.1, 0.15) is 19.4 Å². The number of alkyl halides is 3. The van der Waals surface area contributed by atoms with Crippen LogP contribution in [0.25, 0.3) is 22.5 Å². The van der Waals surface area contributed by atoms with Crippen LogP contribution >= 0.6 is 0 Å². The van der Waals surface area contributed by atoms with Crippen molar-refractivity contribution in [2.45, 2.75) is 24.9 Å². The van der Waals surface area contributed by atoms with Gasteiger partial charge in [-0.25, -0.2) is 18.4 Å². The summed E-state index contributed by atoms with van der Waals surface area (Å²) in [6.45, 7) is 4.00. The maximum Gasteiger partial charge on any atom is 0.416 e. The van der Waals surface area contributed by atoms with Gasteiger partial charge in [0.2, 0.25) is 0 Å². The molecule has 154 valence electrons. The Morgan fingerprint density at radius 2 is 1.41 bits per heavy atom. The van der Waals surface area contributed by atoms with Gasteiger partial charge in [-0.15, -0.1) is 0 Å². The van der Waals surface area contributed by atoms with Gasteiger partial charge in [0.05, 0.1) is 22.3 Å². The lowest BCUT2D eigenvalue weighted by molar-refractivity contribution is -0.137. The molecule has 2 N–H and O–H groups in total. The van der Waals surface area contributed by atoms with Crippen LogP contribution in [-0.2, 0) is 16.0 Å². The van der Waals surface area contributed by atoms with E-state index in [0.717, 1.165) is 18.4 Å². The minimum Gasteiger partial charge on any atom is -0.382 e. The maximum atomic E-state index is 12.7. The Kier molecular flexibility index (Phi) is 6.63. The molecule has 0 aliphatic carbocycles. The predicted octanol–water partition coefficient (Wildman–Crippen LogP) is 4.84. The molecule has 3 rings (SSSR count). The number of nitrogen functional groups attached to an aromatic ring is 1. The van der Waals surface area contributed by atoms with E-state index in [9.17, 15) is 21.6 Å². The van der Waals surface area contributed by atoms with E-state index in [2.05, 4.69) is 9.97 Å². The minimum absolute atomic E-state index is 0.0752. The van der Waals surface area contributed by atoms with Crippen molar-refractivity contribution in [2.75, 3.05) is 12.0 Å². The van der Waals surface area contributed by atoms with Gasteiger partial charge < -0.3 is 5.73 Å². The van der Waals surface area contributed by atoms with Gasteiger partial charge in [-0.3, -0.25) is 0 Å². The molecule has 1 aromatic heterocycles. The third-order valence-corrected chi connectivity index (χ3v) is 4.99. The van der Waals surface area contributed by atoms with Crippen LogP contribution in [0.15, 0.2) is 59.6 Å². The Morgan fingerprint density at radius 1 is 0.897 bits per heavy atom. The number of anilines is 1. The number of hydrogen-bond donors (Lipinski definition) is 1. The van der Waals surface area contributed by atoms with Gasteiger partial charge in [-0.2, -0.15) is 13.2 Å². The zero-order valence-electron chi connectivity index (χ0n) is 16.0. The topological polar surface area (TPSA) is 85.9 Å². The van der Waals surface area contributed by atoms with E-state index < -0.39 is 21.6 Å². The molecule has 0 bridgehead atoms. The average Bonchev–Trinajstić information content (AvgIpc) is 2.69. The van der Waals surface area contributed by atoms with Crippen molar-refractivity contribution in [1.82, 2.24) is 9.97 Å². The molecule has 5 nitrogen and oxygen atoms in total. The van der Waals surface area contributed by atoms with E-state index in [0.29, 0.717) is 16.8 Å². The summed E-state index contributed by atoms with van der Waals surface area (Å²) in [4.78, 5) is 8.59. The van der Waals surface area contributed by atoms with E-state index in [1.165, 1.54) is 30.5 Å². The Labute approximate surface area is 167 Å². The molecular weight excluding hydrogens is 403 g/mol. The van der Waals surface area contributed by atoms with Crippen molar-refractivity contribution in [1.29, 1.82) is 0 Å². The molecular formula is C20H20F3N3O2S. The first-order valence-electron chi connectivity index (χ1n) is 8.66. The first-order chi connectivity index (χ1) is 13.6. The maximum absolute atomic E-state index is 12.7. The lowest BCUT2D eigenvalue weighted by Crippen LogP contribution is -2.04. The zero-order chi connectivity index (χ0) is 21.8. The number of nitrogens with zero attached hydrogens (tertiary/aromatic N) is 2. The highest BCUT2D eigenvalue weighted by molar-refractivity contribution is 7.90. The molecule has 0 amide bonds. The SMILES string of the molecule is CC.CS(=O)(=O)c1ccc(-c2cnc(N)c(-c3ccc(C(F)(F)F)cc3)n2)cc1. The summed E-state index contributed by atoms with van der Waals surface area (Å²) in [6, 6.07) is 10.5. The minimum atomic E-state index is -4.43. The van der Waals surface area contributed by atoms with Crippen LogP contribution in [0.5, 0.6) is 0 Å². The van der Waals surface area contributed by atoms with Gasteiger partial charge in [-0.05, 0) is 24.3 Å². The number of rotatable bonds is 3. The van der Waals surface area contributed by atoms with Crippen molar-refractivity contribution < 1.29 is 21.6 Å². The van der Waals surface area contributed by atoms with Crippen molar-refractivity contribution in [3.8, 4) is 22.5 Å². The average molecular weight is 423 g/mol. The molecule has 1 heterocycles. The van der Waals surface area contributed by atoms with Gasteiger partial charge in [0.1, 0.15) is 11.5 Å². The summed E-state index contributed by atoms with van der Waals surface area (Å²) in [7, 11) is -3.32. The van der Waals surface area contributed by atoms with E-state index in [-0.39, 0.29) is 16.4 Å². The quantitative estimate of drug-likeness (QED) is 0.651. The fourth-order valence-corrected chi connectivity index (χ4v) is 3.07. The van der Waals surface area contributed by atoms with Gasteiger partial charge >= 0.3 is 6.18 Å². The standard InChI is InChI=1S/C18H14F3N3O2S.C2H6/c1-27(25,26)14-8-4-11(5-9-14)15-10-23-17(22)16(24-15)12-2-6-13(7-3-12)18(19,20)21;1-2/h2-10H,1H3,(H2,22,23);1-2H3. The molecule has 29 heavy (non-hydrogen) atoms. The summed E-state index contributed by atoms with van der Waals surface area (Å²) in [5.41, 5.74) is 6.71. The van der Waals surface area contributed by atoms with Gasteiger partial charge in [0.25, 0.3) is 0 Å². The second-order valence-corrected chi connectivity index (χ2v) is 7.88. The van der Waals surface area contributed by atoms with Crippen LogP contribution in [0.3, 0.4) is 0 Å². The smallest absolute Gasteiger partial charge is 0.382 e. The number of benzene rings is 2. The van der Waals surface area contributed by atoms with Gasteiger partial charge in [-0.1, -0.05) is 38.1 Å². The third-order valence-electron chi connectivity index (χ3n) is 3.86. The van der Waals surface area contributed by atoms with E-state index in [4.69, 9.17) is 5.73 Å². The number of aromatic nitrogens is 2. The van der Waals surface area contributed by atoms with Crippen LogP contribution in [0.4, 0.5) is 19.0 Å². The Hall–Kier alpha value is -2.94. The molecule has 0 unspecified atom stereocenters. The lowest BCUT2D eigenvalue weighted by Gasteiger charge is -2.10. The van der Waals surface area contributed by atoms with Crippen molar-refractivity contribution >= 4 is 15.7 Å². The fourth-order valence-electron chi connectivity index (χ4n) is 2.44. The van der Waals surface area contributed by atoms with E-state index in [1.807, 2.05) is 13.8 Å². The zero-order valence-corrected chi connectivity index (χ0v) is 16.8.